The van der Waals surface area contributed by atoms with Crippen LogP contribution >= 0.6 is 0 Å². The van der Waals surface area contributed by atoms with E-state index in [4.69, 9.17) is 10.2 Å². The smallest absolute Gasteiger partial charge is 0.319 e. The fourth-order valence-corrected chi connectivity index (χ4v) is 0.774. The lowest BCUT2D eigenvalue weighted by molar-refractivity contribution is 0.0938. The van der Waals surface area contributed by atoms with E-state index in [0.717, 1.165) is 0 Å². The Bertz CT molecular complexity index is 316. The Hall–Kier alpha value is -1.78. The van der Waals surface area contributed by atoms with E-state index in [0.29, 0.717) is 5.56 Å². The number of hydrogen-bond donors (Lipinski definition) is 2. The largest absolute Gasteiger partial charge is 0.459 e. The zero-order chi connectivity index (χ0) is 9.14. The summed E-state index contributed by atoms with van der Waals surface area (Å²) in [5, 5.41) is 1.89. The zero-order valence-corrected chi connectivity index (χ0v) is 6.46. The van der Waals surface area contributed by atoms with Gasteiger partial charge in [0.2, 0.25) is 0 Å². The van der Waals surface area contributed by atoms with Gasteiger partial charge in [-0.2, -0.15) is 0 Å². The molecule has 64 valence electrons. The minimum atomic E-state index is -0.893. The quantitative estimate of drug-likeness (QED) is 0.636. The van der Waals surface area contributed by atoms with E-state index in [1.807, 2.05) is 5.32 Å². The minimum Gasteiger partial charge on any atom is -0.459 e. The Labute approximate surface area is 68.5 Å². The van der Waals surface area contributed by atoms with Crippen molar-refractivity contribution in [2.45, 2.75) is 6.92 Å². The third-order valence-electron chi connectivity index (χ3n) is 1.31. The summed E-state index contributed by atoms with van der Waals surface area (Å²) < 4.78 is 4.81. The summed E-state index contributed by atoms with van der Waals surface area (Å²) in [4.78, 5) is 21.3. The lowest BCUT2D eigenvalue weighted by Crippen LogP contribution is -2.35. The van der Waals surface area contributed by atoms with E-state index < -0.39 is 11.9 Å². The second-order valence-corrected chi connectivity index (χ2v) is 2.25. The molecule has 1 aromatic rings. The highest BCUT2D eigenvalue weighted by Crippen LogP contribution is 2.07. The first kappa shape index (κ1) is 8.32. The third kappa shape index (κ3) is 1.63. The SMILES string of the molecule is Cc1ccoc1C(=O)NC(N)=O. The molecule has 0 radical (unpaired) electrons. The summed E-state index contributed by atoms with van der Waals surface area (Å²) in [7, 11) is 0. The molecular weight excluding hydrogens is 160 g/mol. The monoisotopic (exact) mass is 168 g/mol. The molecule has 3 N–H and O–H groups in total. The van der Waals surface area contributed by atoms with Crippen molar-refractivity contribution in [3.05, 3.63) is 23.7 Å². The first-order valence-corrected chi connectivity index (χ1v) is 3.26. The van der Waals surface area contributed by atoms with Crippen molar-refractivity contribution in [2.75, 3.05) is 0 Å². The van der Waals surface area contributed by atoms with Gasteiger partial charge in [0.25, 0.3) is 5.91 Å². The molecule has 0 spiro atoms. The maximum Gasteiger partial charge on any atom is 0.319 e. The lowest BCUT2D eigenvalue weighted by Gasteiger charge is -1.96. The van der Waals surface area contributed by atoms with Crippen molar-refractivity contribution < 1.29 is 14.0 Å². The Morgan fingerprint density at radius 1 is 1.58 bits per heavy atom. The van der Waals surface area contributed by atoms with Gasteiger partial charge < -0.3 is 10.2 Å². The van der Waals surface area contributed by atoms with Crippen LogP contribution in [0.25, 0.3) is 0 Å². The Kier molecular flexibility index (Phi) is 2.14. The Morgan fingerprint density at radius 2 is 2.25 bits per heavy atom. The first-order valence-electron chi connectivity index (χ1n) is 3.26. The number of amides is 3. The van der Waals surface area contributed by atoms with Crippen LogP contribution in [0.4, 0.5) is 4.79 Å². The lowest BCUT2D eigenvalue weighted by atomic mass is 10.3. The van der Waals surface area contributed by atoms with Gasteiger partial charge in [-0.15, -0.1) is 0 Å². The van der Waals surface area contributed by atoms with Crippen LogP contribution in [-0.2, 0) is 0 Å². The number of imide groups is 1. The van der Waals surface area contributed by atoms with Crippen LogP contribution in [0.15, 0.2) is 16.7 Å². The van der Waals surface area contributed by atoms with Crippen molar-refractivity contribution >= 4 is 11.9 Å². The fraction of sp³-hybridized carbons (Fsp3) is 0.143. The first-order chi connectivity index (χ1) is 5.61. The molecule has 1 aromatic heterocycles. The van der Waals surface area contributed by atoms with Gasteiger partial charge in [-0.05, 0) is 13.0 Å². The second kappa shape index (κ2) is 3.08. The zero-order valence-electron chi connectivity index (χ0n) is 6.46. The number of nitrogens with two attached hydrogens (primary N) is 1. The normalized spacial score (nSPS) is 9.42. The van der Waals surface area contributed by atoms with E-state index in [1.54, 1.807) is 13.0 Å². The predicted octanol–water partition coefficient (Wildman–Crippen LogP) is 0.397. The van der Waals surface area contributed by atoms with Crippen LogP contribution < -0.4 is 11.1 Å². The molecule has 0 saturated carbocycles. The number of urea groups is 1. The summed E-state index contributed by atoms with van der Waals surface area (Å²) in [6.07, 6.45) is 1.37. The molecule has 0 aliphatic carbocycles. The minimum absolute atomic E-state index is 0.105. The highest BCUT2D eigenvalue weighted by Gasteiger charge is 2.13. The third-order valence-corrected chi connectivity index (χ3v) is 1.31. The Balaban J connectivity index is 2.78. The average Bonchev–Trinajstić information content (AvgIpc) is 2.33. The number of primary amides is 1. The summed E-state index contributed by atoms with van der Waals surface area (Å²) in [6, 6.07) is 0.728. The molecule has 0 unspecified atom stereocenters. The number of rotatable bonds is 1. The summed E-state index contributed by atoms with van der Waals surface area (Å²) in [6.45, 7) is 1.69. The number of aryl methyl sites for hydroxylation is 1. The van der Waals surface area contributed by atoms with Gasteiger partial charge >= 0.3 is 6.03 Å². The van der Waals surface area contributed by atoms with Gasteiger partial charge in [-0.3, -0.25) is 10.1 Å². The standard InChI is InChI=1S/C7H8N2O3/c1-4-2-3-12-5(4)6(10)9-7(8)11/h2-3H,1H3,(H3,8,9,10,11). The number of furan rings is 1. The molecule has 0 aliphatic rings. The van der Waals surface area contributed by atoms with Gasteiger partial charge in [0, 0.05) is 5.56 Å². The number of nitrogens with one attached hydrogen (secondary N) is 1. The van der Waals surface area contributed by atoms with Gasteiger partial charge in [-0.1, -0.05) is 0 Å². The van der Waals surface area contributed by atoms with E-state index in [1.165, 1.54) is 6.26 Å². The molecule has 3 amide bonds. The van der Waals surface area contributed by atoms with Crippen LogP contribution in [0.2, 0.25) is 0 Å². The Morgan fingerprint density at radius 3 is 2.67 bits per heavy atom. The molecule has 0 aromatic carbocycles. The number of carbonyl (C=O) groups is 2. The maximum atomic E-state index is 11.0. The van der Waals surface area contributed by atoms with Crippen LogP contribution in [0.5, 0.6) is 0 Å². The van der Waals surface area contributed by atoms with Gasteiger partial charge in [0.1, 0.15) is 0 Å². The highest BCUT2D eigenvalue weighted by molar-refractivity contribution is 6.02. The molecular formula is C7H8N2O3. The number of hydrogen-bond acceptors (Lipinski definition) is 3. The van der Waals surface area contributed by atoms with Crippen molar-refractivity contribution in [3.8, 4) is 0 Å². The molecule has 0 atom stereocenters. The second-order valence-electron chi connectivity index (χ2n) is 2.25. The molecule has 1 heterocycles. The molecule has 12 heavy (non-hydrogen) atoms. The molecule has 5 nitrogen and oxygen atoms in total. The molecule has 1 rings (SSSR count). The van der Waals surface area contributed by atoms with Gasteiger partial charge in [-0.25, -0.2) is 4.79 Å². The van der Waals surface area contributed by atoms with Crippen LogP contribution in [0.1, 0.15) is 16.1 Å². The highest BCUT2D eigenvalue weighted by atomic mass is 16.3. The van der Waals surface area contributed by atoms with E-state index in [-0.39, 0.29) is 5.76 Å². The number of carbonyl (C=O) groups excluding carboxylic acids is 2. The van der Waals surface area contributed by atoms with Crippen LogP contribution in [0, 0.1) is 6.92 Å². The summed E-state index contributed by atoms with van der Waals surface area (Å²) >= 11 is 0. The van der Waals surface area contributed by atoms with Crippen molar-refractivity contribution in [2.24, 2.45) is 5.73 Å². The average molecular weight is 168 g/mol. The molecule has 0 aliphatic heterocycles. The van der Waals surface area contributed by atoms with Gasteiger partial charge in [0.15, 0.2) is 5.76 Å². The molecule has 0 fully saturated rings. The fourth-order valence-electron chi connectivity index (χ4n) is 0.774. The maximum absolute atomic E-state index is 11.0. The van der Waals surface area contributed by atoms with E-state index >= 15 is 0 Å². The molecule has 0 bridgehead atoms. The predicted molar refractivity (Wildman–Crippen MR) is 40.5 cm³/mol. The summed E-state index contributed by atoms with van der Waals surface area (Å²) in [5.41, 5.74) is 5.40. The van der Waals surface area contributed by atoms with E-state index in [9.17, 15) is 9.59 Å². The molecule has 5 heteroatoms. The van der Waals surface area contributed by atoms with E-state index in [2.05, 4.69) is 0 Å². The van der Waals surface area contributed by atoms with Crippen LogP contribution in [-0.4, -0.2) is 11.9 Å². The van der Waals surface area contributed by atoms with Crippen molar-refractivity contribution in [1.29, 1.82) is 0 Å². The van der Waals surface area contributed by atoms with Gasteiger partial charge in [0.05, 0.1) is 6.26 Å². The van der Waals surface area contributed by atoms with Crippen molar-refractivity contribution in [3.63, 3.8) is 0 Å². The van der Waals surface area contributed by atoms with Crippen molar-refractivity contribution in [1.82, 2.24) is 5.32 Å². The van der Waals surface area contributed by atoms with Crippen LogP contribution in [0.3, 0.4) is 0 Å². The summed E-state index contributed by atoms with van der Waals surface area (Å²) in [5.74, 6) is -0.515. The molecule has 0 saturated heterocycles. The topological polar surface area (TPSA) is 85.3 Å².